The van der Waals surface area contributed by atoms with Gasteiger partial charge in [0.15, 0.2) is 5.82 Å². The lowest BCUT2D eigenvalue weighted by atomic mass is 10.2. The number of nitrogens with zero attached hydrogens (tertiary/aromatic N) is 6. The predicted octanol–water partition coefficient (Wildman–Crippen LogP) is 1.34. The fraction of sp³-hybridized carbons (Fsp3) is 0.143. The van der Waals surface area contributed by atoms with Gasteiger partial charge in [-0.15, -0.1) is 10.2 Å². The second-order valence-electron chi connectivity index (χ2n) is 4.92. The molecule has 0 bridgehead atoms. The second-order valence-corrected chi connectivity index (χ2v) is 4.92. The van der Waals surface area contributed by atoms with Crippen LogP contribution in [0.3, 0.4) is 0 Å². The largest absolute Gasteiger partial charge is 0.369 e. The first kappa shape index (κ1) is 11.8. The number of rotatable bonds is 2. The van der Waals surface area contributed by atoms with E-state index in [0.717, 1.165) is 27.8 Å². The van der Waals surface area contributed by atoms with Crippen LogP contribution in [0.5, 0.6) is 0 Å². The average Bonchev–Trinajstić information content (AvgIpc) is 3.04. The summed E-state index contributed by atoms with van der Waals surface area (Å²) in [6.45, 7) is 0.521. The predicted molar refractivity (Wildman–Crippen MR) is 79.6 cm³/mol. The highest BCUT2D eigenvalue weighted by Gasteiger charge is 2.14. The Morgan fingerprint density at radius 3 is 2.86 bits per heavy atom. The molecule has 1 aromatic carbocycles. The van der Waals surface area contributed by atoms with Crippen LogP contribution < -0.4 is 5.73 Å². The van der Waals surface area contributed by atoms with Crippen LogP contribution >= 0.6 is 0 Å². The first-order valence-electron chi connectivity index (χ1n) is 6.56. The summed E-state index contributed by atoms with van der Waals surface area (Å²) in [5, 5.41) is 9.04. The molecule has 3 heterocycles. The number of imidazole rings is 1. The zero-order chi connectivity index (χ0) is 14.4. The van der Waals surface area contributed by atoms with E-state index in [1.165, 1.54) is 0 Å². The highest BCUT2D eigenvalue weighted by molar-refractivity contribution is 6.02. The maximum Gasteiger partial charge on any atom is 0.201 e. The number of para-hydroxylation sites is 1. The maximum atomic E-state index is 6.08. The van der Waals surface area contributed by atoms with Gasteiger partial charge < -0.3 is 14.9 Å². The number of fused-ring (bicyclic) bond motifs is 3. The minimum atomic E-state index is 0.450. The number of nitrogens with two attached hydrogens (primary N) is 1. The first-order valence-corrected chi connectivity index (χ1v) is 6.56. The van der Waals surface area contributed by atoms with E-state index in [1.54, 1.807) is 12.5 Å². The van der Waals surface area contributed by atoms with E-state index >= 15 is 0 Å². The molecule has 0 aliphatic carbocycles. The molecular formula is C14H13N7. The van der Waals surface area contributed by atoms with Gasteiger partial charge in [-0.1, -0.05) is 18.2 Å². The van der Waals surface area contributed by atoms with Crippen LogP contribution in [0.4, 0.5) is 5.95 Å². The fourth-order valence-electron chi connectivity index (χ4n) is 2.53. The van der Waals surface area contributed by atoms with E-state index in [-0.39, 0.29) is 0 Å². The summed E-state index contributed by atoms with van der Waals surface area (Å²) in [4.78, 5) is 8.81. The van der Waals surface area contributed by atoms with Crippen molar-refractivity contribution in [1.82, 2.24) is 29.3 Å². The third kappa shape index (κ3) is 1.74. The fourth-order valence-corrected chi connectivity index (χ4v) is 2.53. The molecule has 7 heteroatoms. The summed E-state index contributed by atoms with van der Waals surface area (Å²) in [5.74, 6) is 1.27. The Balaban J connectivity index is 2.01. The molecule has 2 N–H and O–H groups in total. The van der Waals surface area contributed by atoms with Crippen molar-refractivity contribution in [2.75, 3.05) is 5.73 Å². The topological polar surface area (TPSA) is 87.4 Å². The Hall–Kier alpha value is -2.96. The molecule has 0 amide bonds. The van der Waals surface area contributed by atoms with Gasteiger partial charge in [0.2, 0.25) is 5.95 Å². The molecule has 0 saturated heterocycles. The number of hydrogen-bond acceptors (Lipinski definition) is 5. The number of nitrogen functional groups attached to an aromatic ring is 1. The third-order valence-corrected chi connectivity index (χ3v) is 3.61. The van der Waals surface area contributed by atoms with Crippen molar-refractivity contribution in [2.24, 2.45) is 7.05 Å². The Labute approximate surface area is 120 Å². The average molecular weight is 279 g/mol. The van der Waals surface area contributed by atoms with Gasteiger partial charge in [-0.25, -0.2) is 4.98 Å². The maximum absolute atomic E-state index is 6.08. The minimum absolute atomic E-state index is 0.450. The van der Waals surface area contributed by atoms with Gasteiger partial charge in [-0.2, -0.15) is 0 Å². The van der Waals surface area contributed by atoms with E-state index in [2.05, 4.69) is 20.2 Å². The second kappa shape index (κ2) is 4.27. The molecule has 104 valence electrons. The lowest BCUT2D eigenvalue weighted by molar-refractivity contribution is 0.719. The molecule has 7 nitrogen and oxygen atoms in total. The SMILES string of the molecule is Cn1cnnc1Cn1c(N)nc2cnc3ccccc3c21. The number of pyridine rings is 1. The quantitative estimate of drug-likeness (QED) is 0.598. The Kier molecular flexibility index (Phi) is 2.41. The number of aryl methyl sites for hydroxylation is 1. The molecule has 4 aromatic rings. The minimum Gasteiger partial charge on any atom is -0.369 e. The van der Waals surface area contributed by atoms with Gasteiger partial charge >= 0.3 is 0 Å². The molecule has 4 rings (SSSR count). The summed E-state index contributed by atoms with van der Waals surface area (Å²) in [5.41, 5.74) is 8.76. The molecule has 0 aliphatic heterocycles. The van der Waals surface area contributed by atoms with Crippen molar-refractivity contribution < 1.29 is 0 Å². The van der Waals surface area contributed by atoms with E-state index in [9.17, 15) is 0 Å². The van der Waals surface area contributed by atoms with E-state index < -0.39 is 0 Å². The molecule has 0 fully saturated rings. The summed E-state index contributed by atoms with van der Waals surface area (Å²) >= 11 is 0. The van der Waals surface area contributed by atoms with Crippen LogP contribution in [-0.2, 0) is 13.6 Å². The Morgan fingerprint density at radius 2 is 2.05 bits per heavy atom. The molecule has 0 unspecified atom stereocenters. The van der Waals surface area contributed by atoms with Crippen LogP contribution in [0.1, 0.15) is 5.82 Å². The van der Waals surface area contributed by atoms with Crippen LogP contribution in [0.15, 0.2) is 36.8 Å². The number of benzene rings is 1. The third-order valence-electron chi connectivity index (χ3n) is 3.61. The van der Waals surface area contributed by atoms with Crippen LogP contribution in [0.25, 0.3) is 21.9 Å². The first-order chi connectivity index (χ1) is 10.2. The van der Waals surface area contributed by atoms with Gasteiger partial charge in [0.05, 0.1) is 23.8 Å². The van der Waals surface area contributed by atoms with Crippen molar-refractivity contribution in [1.29, 1.82) is 0 Å². The number of hydrogen-bond donors (Lipinski definition) is 1. The molecule has 3 aromatic heterocycles. The van der Waals surface area contributed by atoms with E-state index in [0.29, 0.717) is 12.5 Å². The Bertz CT molecular complexity index is 950. The summed E-state index contributed by atoms with van der Waals surface area (Å²) in [6.07, 6.45) is 3.42. The zero-order valence-electron chi connectivity index (χ0n) is 11.4. The van der Waals surface area contributed by atoms with E-state index in [4.69, 9.17) is 5.73 Å². The highest BCUT2D eigenvalue weighted by Crippen LogP contribution is 2.26. The van der Waals surface area contributed by atoms with Crippen molar-refractivity contribution in [3.63, 3.8) is 0 Å². The number of aromatic nitrogens is 6. The molecule has 21 heavy (non-hydrogen) atoms. The van der Waals surface area contributed by atoms with E-state index in [1.807, 2.05) is 40.4 Å². The molecular weight excluding hydrogens is 266 g/mol. The highest BCUT2D eigenvalue weighted by atomic mass is 15.3. The lowest BCUT2D eigenvalue weighted by Crippen LogP contribution is -2.09. The van der Waals surface area contributed by atoms with Gasteiger partial charge in [0, 0.05) is 12.4 Å². The van der Waals surface area contributed by atoms with Gasteiger partial charge in [0.25, 0.3) is 0 Å². The molecule has 0 saturated carbocycles. The van der Waals surface area contributed by atoms with Crippen LogP contribution in [0, 0.1) is 0 Å². The standard InChI is InChI=1S/C14H13N7/c1-20-8-17-19-12(20)7-21-13-9-4-2-3-5-10(9)16-6-11(13)18-14(21)15/h2-6,8H,7H2,1H3,(H2,15,18). The monoisotopic (exact) mass is 279 g/mol. The van der Waals surface area contributed by atoms with Crippen LogP contribution in [0.2, 0.25) is 0 Å². The zero-order valence-corrected chi connectivity index (χ0v) is 11.4. The summed E-state index contributed by atoms with van der Waals surface area (Å²) in [7, 11) is 1.91. The normalized spacial score (nSPS) is 11.5. The van der Waals surface area contributed by atoms with Crippen molar-refractivity contribution in [2.45, 2.75) is 6.54 Å². The molecule has 0 atom stereocenters. The van der Waals surface area contributed by atoms with Gasteiger partial charge in [0.1, 0.15) is 11.8 Å². The van der Waals surface area contributed by atoms with Gasteiger partial charge in [-0.3, -0.25) is 4.98 Å². The molecule has 0 spiro atoms. The van der Waals surface area contributed by atoms with Crippen molar-refractivity contribution in [3.05, 3.63) is 42.6 Å². The molecule has 0 aliphatic rings. The Morgan fingerprint density at radius 1 is 1.19 bits per heavy atom. The number of anilines is 1. The van der Waals surface area contributed by atoms with Crippen LogP contribution in [-0.4, -0.2) is 29.3 Å². The lowest BCUT2D eigenvalue weighted by Gasteiger charge is -2.07. The summed E-state index contributed by atoms with van der Waals surface area (Å²) in [6, 6.07) is 7.96. The van der Waals surface area contributed by atoms with Crippen molar-refractivity contribution >= 4 is 27.9 Å². The van der Waals surface area contributed by atoms with Gasteiger partial charge in [-0.05, 0) is 6.07 Å². The molecule has 0 radical (unpaired) electrons. The smallest absolute Gasteiger partial charge is 0.201 e. The summed E-state index contributed by atoms with van der Waals surface area (Å²) < 4.78 is 3.82. The van der Waals surface area contributed by atoms with Crippen molar-refractivity contribution in [3.8, 4) is 0 Å².